The van der Waals surface area contributed by atoms with Crippen molar-refractivity contribution >= 4 is 41.8 Å². The zero-order valence-electron chi connectivity index (χ0n) is 38.7. The Bertz CT molecular complexity index is 1930. The van der Waals surface area contributed by atoms with E-state index < -0.39 is 90.8 Å². The highest BCUT2D eigenvalue weighted by Gasteiger charge is 2.52. The van der Waals surface area contributed by atoms with Gasteiger partial charge < -0.3 is 63.3 Å². The standard InChI is InChI=1S/C46H63N3O17/c1-27(62-44-40(48-28(2)50)42(64-31(5)53)41(63-30(4)52)37(65-44)26-60-29(3)51)39(43(55)47-18-20-58-22-24-59-23-21-57-19-17-38(54)66-46(6,7)8)49-45(56)61-25-36-34-15-11-9-13-32(34)33-14-10-12-16-35(33)36/h9-16,27,36-37,39-42,44H,17-26H2,1-8H3,(H,47,55)(H,48,50)(H,49,56)/t27-,37-,39+,40-,41+,42-,44+/m1/s1. The normalized spacial score (nSPS) is 19.8. The Labute approximate surface area is 384 Å². The largest absolute Gasteiger partial charge is 0.463 e. The molecule has 4 rings (SSSR count). The average molecular weight is 930 g/mol. The van der Waals surface area contributed by atoms with E-state index in [4.69, 9.17) is 47.4 Å². The van der Waals surface area contributed by atoms with Crippen LogP contribution in [0.15, 0.2) is 48.5 Å². The first kappa shape index (κ1) is 52.9. The molecular formula is C46H63N3O17. The van der Waals surface area contributed by atoms with Gasteiger partial charge >= 0.3 is 30.0 Å². The Balaban J connectivity index is 1.43. The van der Waals surface area contributed by atoms with E-state index in [1.165, 1.54) is 13.8 Å². The molecule has 1 aliphatic heterocycles. The van der Waals surface area contributed by atoms with E-state index in [0.29, 0.717) is 0 Å². The summed E-state index contributed by atoms with van der Waals surface area (Å²) in [7, 11) is 0. The number of esters is 4. The molecule has 0 radical (unpaired) electrons. The second-order valence-corrected chi connectivity index (χ2v) is 16.5. The van der Waals surface area contributed by atoms with Crippen LogP contribution < -0.4 is 16.0 Å². The zero-order valence-corrected chi connectivity index (χ0v) is 38.7. The molecular weight excluding hydrogens is 867 g/mol. The summed E-state index contributed by atoms with van der Waals surface area (Å²) >= 11 is 0. The van der Waals surface area contributed by atoms with Gasteiger partial charge in [-0.15, -0.1) is 0 Å². The maximum Gasteiger partial charge on any atom is 0.407 e. The van der Waals surface area contributed by atoms with Crippen LogP contribution in [0.1, 0.15) is 78.9 Å². The molecule has 1 aliphatic carbocycles. The summed E-state index contributed by atoms with van der Waals surface area (Å²) in [6.45, 7) is 12.0. The maximum absolute atomic E-state index is 13.9. The summed E-state index contributed by atoms with van der Waals surface area (Å²) in [6.07, 6.45) is -7.73. The molecule has 3 amide bonds. The van der Waals surface area contributed by atoms with E-state index in [-0.39, 0.29) is 71.1 Å². The molecule has 1 saturated heterocycles. The number of rotatable bonds is 24. The van der Waals surface area contributed by atoms with Crippen LogP contribution in [0.3, 0.4) is 0 Å². The maximum atomic E-state index is 13.9. The molecule has 1 heterocycles. The monoisotopic (exact) mass is 929 g/mol. The van der Waals surface area contributed by atoms with Crippen LogP contribution >= 0.6 is 0 Å². The van der Waals surface area contributed by atoms with Gasteiger partial charge in [-0.1, -0.05) is 48.5 Å². The molecule has 0 unspecified atom stereocenters. The van der Waals surface area contributed by atoms with Crippen LogP contribution in [0.5, 0.6) is 0 Å². The lowest BCUT2D eigenvalue weighted by Gasteiger charge is -2.45. The SMILES string of the molecule is CC(=O)N[C@H]1[C@@H](O[C@H](C)[C@H](NC(=O)OCC2c3ccccc3-c3ccccc32)C(=O)NCCOCCOCCOCCC(=O)OC(C)(C)C)O[C@H](COC(C)=O)[C@H](OC(C)=O)[C@@H]1OC(C)=O. The predicted molar refractivity (Wildman–Crippen MR) is 232 cm³/mol. The fraction of sp³-hybridized carbons (Fsp3) is 0.587. The number of nitrogens with one attached hydrogen (secondary N) is 3. The van der Waals surface area contributed by atoms with Crippen LogP contribution in [0, 0.1) is 0 Å². The number of carbonyl (C=O) groups excluding carboxylic acids is 7. The lowest BCUT2D eigenvalue weighted by atomic mass is 9.95. The number of ether oxygens (including phenoxy) is 10. The molecule has 20 nitrogen and oxygen atoms in total. The molecule has 0 spiro atoms. The molecule has 2 aromatic carbocycles. The summed E-state index contributed by atoms with van der Waals surface area (Å²) in [6, 6.07) is 12.8. The topological polar surface area (TPSA) is 248 Å². The van der Waals surface area contributed by atoms with E-state index in [2.05, 4.69) is 16.0 Å². The van der Waals surface area contributed by atoms with E-state index >= 15 is 0 Å². The first-order valence-corrected chi connectivity index (χ1v) is 21.7. The van der Waals surface area contributed by atoms with Gasteiger partial charge in [0.15, 0.2) is 18.5 Å². The molecule has 0 aromatic heterocycles. The second-order valence-electron chi connectivity index (χ2n) is 16.5. The smallest absolute Gasteiger partial charge is 0.407 e. The van der Waals surface area contributed by atoms with Crippen molar-refractivity contribution in [3.8, 4) is 11.1 Å². The minimum absolute atomic E-state index is 0.000302. The van der Waals surface area contributed by atoms with Gasteiger partial charge in [0.1, 0.15) is 37.0 Å². The summed E-state index contributed by atoms with van der Waals surface area (Å²) in [5, 5.41) is 7.94. The Morgan fingerprint density at radius 3 is 1.82 bits per heavy atom. The summed E-state index contributed by atoms with van der Waals surface area (Å²) < 4.78 is 56.2. The van der Waals surface area contributed by atoms with Gasteiger partial charge in [-0.25, -0.2) is 4.79 Å². The van der Waals surface area contributed by atoms with Crippen molar-refractivity contribution in [2.24, 2.45) is 0 Å². The van der Waals surface area contributed by atoms with Gasteiger partial charge in [0.05, 0.1) is 52.2 Å². The fourth-order valence-electron chi connectivity index (χ4n) is 7.31. The van der Waals surface area contributed by atoms with Crippen LogP contribution in [-0.4, -0.2) is 150 Å². The van der Waals surface area contributed by atoms with Crippen molar-refractivity contribution in [1.29, 1.82) is 0 Å². The molecule has 7 atom stereocenters. The highest BCUT2D eigenvalue weighted by atomic mass is 16.7. The summed E-state index contributed by atoms with van der Waals surface area (Å²) in [4.78, 5) is 88.4. The van der Waals surface area contributed by atoms with Crippen LogP contribution in [0.4, 0.5) is 4.79 Å². The molecule has 66 heavy (non-hydrogen) atoms. The van der Waals surface area contributed by atoms with E-state index in [9.17, 15) is 33.6 Å². The van der Waals surface area contributed by atoms with Crippen molar-refractivity contribution in [3.63, 3.8) is 0 Å². The van der Waals surface area contributed by atoms with Crippen LogP contribution in [-0.2, 0) is 76.1 Å². The third-order valence-electron chi connectivity index (χ3n) is 9.95. The number of hydrogen-bond donors (Lipinski definition) is 3. The Morgan fingerprint density at radius 2 is 1.26 bits per heavy atom. The number of alkyl carbamates (subject to hydrolysis) is 1. The third kappa shape index (κ3) is 17.0. The van der Waals surface area contributed by atoms with Crippen molar-refractivity contribution in [2.45, 2.75) is 116 Å². The number of amides is 3. The Hall–Kier alpha value is -5.67. The fourth-order valence-corrected chi connectivity index (χ4v) is 7.31. The molecule has 2 aliphatic rings. The van der Waals surface area contributed by atoms with E-state index in [1.54, 1.807) is 20.8 Å². The molecule has 1 fully saturated rings. The van der Waals surface area contributed by atoms with Gasteiger partial charge in [-0.2, -0.15) is 0 Å². The molecule has 2 aromatic rings. The van der Waals surface area contributed by atoms with Gasteiger partial charge in [0, 0.05) is 40.2 Å². The van der Waals surface area contributed by atoms with Crippen LogP contribution in [0.2, 0.25) is 0 Å². The highest BCUT2D eigenvalue weighted by Crippen LogP contribution is 2.44. The predicted octanol–water partition coefficient (Wildman–Crippen LogP) is 2.85. The minimum Gasteiger partial charge on any atom is -0.463 e. The second kappa shape index (κ2) is 25.9. The van der Waals surface area contributed by atoms with E-state index in [1.807, 2.05) is 48.5 Å². The lowest BCUT2D eigenvalue weighted by Crippen LogP contribution is -2.67. The highest BCUT2D eigenvalue weighted by molar-refractivity contribution is 5.86. The van der Waals surface area contributed by atoms with Gasteiger partial charge in [0.2, 0.25) is 11.8 Å². The Kier molecular flexibility index (Phi) is 20.8. The number of fused-ring (bicyclic) bond motifs is 3. The quantitative estimate of drug-likeness (QED) is 0.0778. The first-order chi connectivity index (χ1) is 31.3. The molecule has 364 valence electrons. The van der Waals surface area contributed by atoms with E-state index in [0.717, 1.165) is 43.0 Å². The number of carbonyl (C=O) groups is 7. The molecule has 0 bridgehead atoms. The van der Waals surface area contributed by atoms with Crippen molar-refractivity contribution in [3.05, 3.63) is 59.7 Å². The third-order valence-corrected chi connectivity index (χ3v) is 9.95. The summed E-state index contributed by atoms with van der Waals surface area (Å²) in [5.41, 5.74) is 3.42. The molecule has 20 heteroatoms. The average Bonchev–Trinajstić information content (AvgIpc) is 3.55. The van der Waals surface area contributed by atoms with Crippen LogP contribution in [0.25, 0.3) is 11.1 Å². The number of hydrogen-bond acceptors (Lipinski definition) is 17. The van der Waals surface area contributed by atoms with Crippen molar-refractivity contribution in [1.82, 2.24) is 16.0 Å². The zero-order chi connectivity index (χ0) is 48.4. The van der Waals surface area contributed by atoms with Crippen molar-refractivity contribution < 1.29 is 80.9 Å². The van der Waals surface area contributed by atoms with Gasteiger partial charge in [0.25, 0.3) is 0 Å². The molecule has 0 saturated carbocycles. The first-order valence-electron chi connectivity index (χ1n) is 21.7. The minimum atomic E-state index is -1.54. The van der Waals surface area contributed by atoms with Crippen molar-refractivity contribution in [2.75, 3.05) is 59.4 Å². The summed E-state index contributed by atoms with van der Waals surface area (Å²) in [5.74, 6) is -4.25. The van der Waals surface area contributed by atoms with Gasteiger partial charge in [-0.05, 0) is 49.9 Å². The van der Waals surface area contributed by atoms with Gasteiger partial charge in [-0.3, -0.25) is 28.8 Å². The Morgan fingerprint density at radius 1 is 0.697 bits per heavy atom. The molecule has 3 N–H and O–H groups in total. The lowest BCUT2D eigenvalue weighted by molar-refractivity contribution is -0.287. The number of benzene rings is 2.